The van der Waals surface area contributed by atoms with E-state index < -0.39 is 0 Å². The zero-order chi connectivity index (χ0) is 21.5. The van der Waals surface area contributed by atoms with E-state index >= 15 is 0 Å². The van der Waals surface area contributed by atoms with Gasteiger partial charge in [0.2, 0.25) is 0 Å². The second-order valence-corrected chi connectivity index (χ2v) is 12.4. The average molecular weight is 415 g/mol. The number of rotatable bonds is 7. The molecule has 0 aliphatic heterocycles. The van der Waals surface area contributed by atoms with Crippen molar-refractivity contribution < 1.29 is 9.53 Å². The lowest BCUT2D eigenvalue weighted by Crippen LogP contribution is -2.51. The average Bonchev–Trinajstić information content (AvgIpc) is 3.05. The molecule has 0 amide bonds. The smallest absolute Gasteiger partial charge is 0.293 e. The fraction of sp³-hybridized carbons (Fsp3) is 0.893. The summed E-state index contributed by atoms with van der Waals surface area (Å²) in [6, 6.07) is 0. The molecule has 3 saturated carbocycles. The Bertz CT molecular complexity index is 651. The molecule has 0 aromatic heterocycles. The van der Waals surface area contributed by atoms with Crippen molar-refractivity contribution in [1.82, 2.24) is 0 Å². The molecule has 8 atom stereocenters. The molecule has 4 rings (SSSR count). The number of fused-ring (bicyclic) bond motifs is 5. The van der Waals surface area contributed by atoms with Crippen molar-refractivity contribution in [2.24, 2.45) is 46.3 Å². The fourth-order valence-electron chi connectivity index (χ4n) is 8.85. The van der Waals surface area contributed by atoms with E-state index in [0.717, 1.165) is 48.3 Å². The number of hydrogen-bond acceptors (Lipinski definition) is 2. The monoisotopic (exact) mass is 414 g/mol. The van der Waals surface area contributed by atoms with Gasteiger partial charge in [0.25, 0.3) is 6.47 Å². The highest BCUT2D eigenvalue weighted by Crippen LogP contribution is 2.67. The maximum absolute atomic E-state index is 10.8. The van der Waals surface area contributed by atoms with Gasteiger partial charge in [-0.15, -0.1) is 0 Å². The van der Waals surface area contributed by atoms with Crippen molar-refractivity contribution >= 4 is 6.47 Å². The summed E-state index contributed by atoms with van der Waals surface area (Å²) in [4.78, 5) is 10.8. The van der Waals surface area contributed by atoms with Crippen molar-refractivity contribution in [1.29, 1.82) is 0 Å². The van der Waals surface area contributed by atoms with Gasteiger partial charge in [-0.3, -0.25) is 4.79 Å². The Morgan fingerprint density at radius 3 is 2.60 bits per heavy atom. The minimum Gasteiger partial charge on any atom is -0.464 e. The molecule has 0 saturated heterocycles. The standard InChI is InChI=1S/C28H46O2/c1-19(2)7-6-8-20(3)24-11-12-25-23-10-9-21-17-22(30-18-29)13-15-27(21,4)26(23)14-16-28(24,25)5/h9,18-20,22-26H,6-8,10-17H2,1-5H3/t20-,22+,23?,24?,25?,26?,27+,28-/m1/s1. The minimum atomic E-state index is 0.120. The van der Waals surface area contributed by atoms with Crippen LogP contribution in [0.15, 0.2) is 11.6 Å². The third-order valence-electron chi connectivity index (χ3n) is 10.5. The Morgan fingerprint density at radius 2 is 1.87 bits per heavy atom. The summed E-state index contributed by atoms with van der Waals surface area (Å²) in [5, 5.41) is 0. The minimum absolute atomic E-state index is 0.120. The van der Waals surface area contributed by atoms with Gasteiger partial charge in [0.1, 0.15) is 6.10 Å². The third-order valence-corrected chi connectivity index (χ3v) is 10.5. The number of carbonyl (C=O) groups excluding carboxylic acids is 1. The fourth-order valence-corrected chi connectivity index (χ4v) is 8.85. The van der Waals surface area contributed by atoms with Gasteiger partial charge in [-0.25, -0.2) is 0 Å². The van der Waals surface area contributed by atoms with Crippen molar-refractivity contribution in [3.05, 3.63) is 11.6 Å². The van der Waals surface area contributed by atoms with Gasteiger partial charge < -0.3 is 4.74 Å². The SMILES string of the molecule is CC(C)CCC[C@@H](C)C1CCC2C3CC=C4C[C@@H](OC=O)CC[C@]4(C)C3CC[C@@]21C. The van der Waals surface area contributed by atoms with Gasteiger partial charge in [-0.2, -0.15) is 0 Å². The highest BCUT2D eigenvalue weighted by molar-refractivity contribution is 5.38. The van der Waals surface area contributed by atoms with E-state index in [0.29, 0.717) is 17.3 Å². The Labute approximate surface area is 185 Å². The molecular formula is C28H46O2. The maximum atomic E-state index is 10.8. The molecule has 4 unspecified atom stereocenters. The van der Waals surface area contributed by atoms with Gasteiger partial charge in [0.05, 0.1) is 0 Å². The van der Waals surface area contributed by atoms with Gasteiger partial charge in [-0.05, 0) is 91.3 Å². The highest BCUT2D eigenvalue weighted by Gasteiger charge is 2.59. The van der Waals surface area contributed by atoms with Gasteiger partial charge in [0.15, 0.2) is 0 Å². The summed E-state index contributed by atoms with van der Waals surface area (Å²) in [5.74, 6) is 5.32. The molecule has 30 heavy (non-hydrogen) atoms. The van der Waals surface area contributed by atoms with Crippen molar-refractivity contribution in [2.75, 3.05) is 0 Å². The topological polar surface area (TPSA) is 26.3 Å². The molecule has 2 nitrogen and oxygen atoms in total. The zero-order valence-corrected chi connectivity index (χ0v) is 20.3. The van der Waals surface area contributed by atoms with E-state index in [2.05, 4.69) is 40.7 Å². The van der Waals surface area contributed by atoms with Crippen LogP contribution in [-0.4, -0.2) is 12.6 Å². The molecule has 2 heteroatoms. The van der Waals surface area contributed by atoms with E-state index in [1.165, 1.54) is 57.8 Å². The molecule has 170 valence electrons. The molecule has 0 aromatic carbocycles. The van der Waals surface area contributed by atoms with Crippen LogP contribution >= 0.6 is 0 Å². The number of ether oxygens (including phenoxy) is 1. The second-order valence-electron chi connectivity index (χ2n) is 12.4. The van der Waals surface area contributed by atoms with Gasteiger partial charge >= 0.3 is 0 Å². The quantitative estimate of drug-likeness (QED) is 0.317. The lowest BCUT2D eigenvalue weighted by molar-refractivity contribution is -0.136. The lowest BCUT2D eigenvalue weighted by atomic mass is 9.47. The normalized spacial score (nSPS) is 43.9. The van der Waals surface area contributed by atoms with Crippen molar-refractivity contribution in [2.45, 2.75) is 111 Å². The van der Waals surface area contributed by atoms with Crippen LogP contribution in [0.3, 0.4) is 0 Å². The number of allylic oxidation sites excluding steroid dienone is 1. The van der Waals surface area contributed by atoms with Crippen molar-refractivity contribution in [3.8, 4) is 0 Å². The van der Waals surface area contributed by atoms with Crippen LogP contribution in [0.25, 0.3) is 0 Å². The van der Waals surface area contributed by atoms with E-state index in [1.807, 2.05) is 0 Å². The predicted octanol–water partition coefficient (Wildman–Crippen LogP) is 7.57. The summed E-state index contributed by atoms with van der Waals surface area (Å²) in [6.07, 6.45) is 17.2. The van der Waals surface area contributed by atoms with Crippen molar-refractivity contribution in [3.63, 3.8) is 0 Å². The first-order valence-electron chi connectivity index (χ1n) is 13.1. The van der Waals surface area contributed by atoms with Crippen LogP contribution in [0.5, 0.6) is 0 Å². The molecule has 0 N–H and O–H groups in total. The highest BCUT2D eigenvalue weighted by atomic mass is 16.5. The van der Waals surface area contributed by atoms with Crippen LogP contribution in [0.4, 0.5) is 0 Å². The Hall–Kier alpha value is -0.790. The second kappa shape index (κ2) is 8.62. The van der Waals surface area contributed by atoms with Crippen LogP contribution in [0.1, 0.15) is 105 Å². The molecule has 3 fully saturated rings. The Balaban J connectivity index is 1.47. The molecule has 0 bridgehead atoms. The first kappa shape index (κ1) is 22.4. The molecule has 0 radical (unpaired) electrons. The summed E-state index contributed by atoms with van der Waals surface area (Å²) in [7, 11) is 0. The van der Waals surface area contributed by atoms with E-state index in [9.17, 15) is 4.79 Å². The maximum Gasteiger partial charge on any atom is 0.293 e. The molecule has 4 aliphatic rings. The van der Waals surface area contributed by atoms with Crippen LogP contribution < -0.4 is 0 Å². The molecular weight excluding hydrogens is 368 g/mol. The summed E-state index contributed by atoms with van der Waals surface area (Å²) < 4.78 is 5.36. The first-order valence-corrected chi connectivity index (χ1v) is 13.1. The van der Waals surface area contributed by atoms with Gasteiger partial charge in [0, 0.05) is 6.42 Å². The summed E-state index contributed by atoms with van der Waals surface area (Å²) >= 11 is 0. The Morgan fingerprint density at radius 1 is 1.07 bits per heavy atom. The number of hydrogen-bond donors (Lipinski definition) is 0. The Kier molecular flexibility index (Phi) is 6.44. The van der Waals surface area contributed by atoms with Crippen LogP contribution in [-0.2, 0) is 9.53 Å². The van der Waals surface area contributed by atoms with E-state index in [1.54, 1.807) is 5.57 Å². The molecule has 0 spiro atoms. The predicted molar refractivity (Wildman–Crippen MR) is 124 cm³/mol. The number of carbonyl (C=O) groups is 1. The summed E-state index contributed by atoms with van der Waals surface area (Å²) in [5.41, 5.74) is 2.54. The van der Waals surface area contributed by atoms with Gasteiger partial charge in [-0.1, -0.05) is 65.5 Å². The van der Waals surface area contributed by atoms with Crippen LogP contribution in [0.2, 0.25) is 0 Å². The largest absolute Gasteiger partial charge is 0.464 e. The molecule has 0 heterocycles. The lowest BCUT2D eigenvalue weighted by Gasteiger charge is -2.58. The van der Waals surface area contributed by atoms with E-state index in [-0.39, 0.29) is 6.10 Å². The molecule has 0 aromatic rings. The van der Waals surface area contributed by atoms with E-state index in [4.69, 9.17) is 4.74 Å². The third kappa shape index (κ3) is 3.79. The van der Waals surface area contributed by atoms with Crippen LogP contribution in [0, 0.1) is 46.3 Å². The first-order chi connectivity index (χ1) is 14.3. The zero-order valence-electron chi connectivity index (χ0n) is 20.3. The summed E-state index contributed by atoms with van der Waals surface area (Å²) in [6.45, 7) is 13.2. The molecule has 4 aliphatic carbocycles.